The fourth-order valence-electron chi connectivity index (χ4n) is 3.60. The second-order valence-electron chi connectivity index (χ2n) is 5.96. The maximum absolute atomic E-state index is 4.81. The molecule has 19 heavy (non-hydrogen) atoms. The van der Waals surface area contributed by atoms with Crippen LogP contribution >= 0.6 is 0 Å². The smallest absolute Gasteiger partial charge is 0.0699 e. The van der Waals surface area contributed by atoms with Gasteiger partial charge in [-0.1, -0.05) is 19.2 Å². The largest absolute Gasteiger partial charge is 0.306 e. The quantitative estimate of drug-likeness (QED) is 0.806. The van der Waals surface area contributed by atoms with Crippen LogP contribution in [0.4, 0.5) is 0 Å². The van der Waals surface area contributed by atoms with Gasteiger partial charge in [-0.05, 0) is 68.0 Å². The third-order valence-electron chi connectivity index (χ3n) is 4.70. The monoisotopic (exact) mass is 254 g/mol. The summed E-state index contributed by atoms with van der Waals surface area (Å²) in [5, 5.41) is 0. The number of hydrogen-bond acceptors (Lipinski definition) is 2. The van der Waals surface area contributed by atoms with Crippen molar-refractivity contribution in [3.8, 4) is 0 Å². The van der Waals surface area contributed by atoms with Crippen molar-refractivity contribution >= 4 is 12.2 Å². The lowest BCUT2D eigenvalue weighted by Crippen LogP contribution is -2.42. The number of rotatable bonds is 2. The Kier molecular flexibility index (Phi) is 3.28. The predicted molar refractivity (Wildman–Crippen MR) is 80.9 cm³/mol. The van der Waals surface area contributed by atoms with E-state index in [1.54, 1.807) is 0 Å². The summed E-state index contributed by atoms with van der Waals surface area (Å²) in [6, 6.07) is 2.27. The van der Waals surface area contributed by atoms with Crippen LogP contribution in [0, 0.1) is 11.8 Å². The van der Waals surface area contributed by atoms with Crippen molar-refractivity contribution in [3.63, 3.8) is 0 Å². The lowest BCUT2D eigenvalue weighted by atomic mass is 9.73. The fraction of sp³-hybridized carbons (Fsp3) is 0.471. The molecule has 2 heterocycles. The summed E-state index contributed by atoms with van der Waals surface area (Å²) in [5.41, 5.74) is 4.83. The van der Waals surface area contributed by atoms with Gasteiger partial charge in [0.25, 0.3) is 0 Å². The van der Waals surface area contributed by atoms with Crippen LogP contribution < -0.4 is 0 Å². The molecule has 1 saturated heterocycles. The molecule has 1 aromatic heterocycles. The highest BCUT2D eigenvalue weighted by atomic mass is 15.1. The lowest BCUT2D eigenvalue weighted by Gasteiger charge is -2.40. The minimum atomic E-state index is 0.806. The van der Waals surface area contributed by atoms with Crippen LogP contribution in [0.2, 0.25) is 0 Å². The Morgan fingerprint density at radius 1 is 1.26 bits per heavy atom. The summed E-state index contributed by atoms with van der Waals surface area (Å²) in [6.07, 6.45) is 7.37. The predicted octanol–water partition coefficient (Wildman–Crippen LogP) is 3.03. The normalized spacial score (nSPS) is 26.4. The van der Waals surface area contributed by atoms with Gasteiger partial charge >= 0.3 is 0 Å². The first-order chi connectivity index (χ1) is 9.21. The Labute approximate surface area is 115 Å². The number of piperidine rings is 1. The van der Waals surface area contributed by atoms with Crippen molar-refractivity contribution in [2.24, 2.45) is 11.8 Å². The molecule has 1 aromatic rings. The molecule has 0 amide bonds. The van der Waals surface area contributed by atoms with E-state index in [-0.39, 0.29) is 0 Å². The summed E-state index contributed by atoms with van der Waals surface area (Å²) in [6.45, 7) is 10.2. The van der Waals surface area contributed by atoms with Gasteiger partial charge in [0.2, 0.25) is 0 Å². The second kappa shape index (κ2) is 4.93. The van der Waals surface area contributed by atoms with E-state index < -0.39 is 0 Å². The van der Waals surface area contributed by atoms with Crippen molar-refractivity contribution < 1.29 is 0 Å². The molecule has 100 valence electrons. The number of hydrogen-bond donors (Lipinski definition) is 0. The van der Waals surface area contributed by atoms with Crippen LogP contribution in [-0.2, 0) is 12.8 Å². The molecule has 0 spiro atoms. The van der Waals surface area contributed by atoms with E-state index in [4.69, 9.17) is 4.98 Å². The number of nitrogens with zero attached hydrogens (tertiary/aromatic N) is 2. The van der Waals surface area contributed by atoms with Gasteiger partial charge in [-0.15, -0.1) is 0 Å². The number of fused-ring (bicyclic) bond motifs is 2. The van der Waals surface area contributed by atoms with Gasteiger partial charge in [0, 0.05) is 12.2 Å². The highest BCUT2D eigenvalue weighted by Crippen LogP contribution is 2.35. The molecule has 0 saturated carbocycles. The maximum Gasteiger partial charge on any atom is 0.0699 e. The second-order valence-corrected chi connectivity index (χ2v) is 5.96. The zero-order chi connectivity index (χ0) is 13.4. The van der Waals surface area contributed by atoms with Gasteiger partial charge in [-0.2, -0.15) is 0 Å². The molecule has 1 fully saturated rings. The topological polar surface area (TPSA) is 16.1 Å². The van der Waals surface area contributed by atoms with Crippen LogP contribution in [0.5, 0.6) is 0 Å². The summed E-state index contributed by atoms with van der Waals surface area (Å²) >= 11 is 0. The summed E-state index contributed by atoms with van der Waals surface area (Å²) in [4.78, 5) is 7.27. The fourth-order valence-corrected chi connectivity index (χ4v) is 3.60. The van der Waals surface area contributed by atoms with Crippen molar-refractivity contribution in [1.82, 2.24) is 9.88 Å². The van der Waals surface area contributed by atoms with Crippen LogP contribution in [0.15, 0.2) is 19.2 Å². The Bertz CT molecular complexity index is 518. The van der Waals surface area contributed by atoms with Gasteiger partial charge < -0.3 is 4.90 Å². The molecule has 0 aromatic carbocycles. The molecule has 2 nitrogen and oxygen atoms in total. The molecule has 2 heteroatoms. The lowest BCUT2D eigenvalue weighted by molar-refractivity contribution is 0.133. The van der Waals surface area contributed by atoms with Gasteiger partial charge in [-0.25, -0.2) is 0 Å². The maximum atomic E-state index is 4.81. The molecule has 2 unspecified atom stereocenters. The molecule has 0 N–H and O–H groups in total. The molecule has 1 aliphatic carbocycles. The minimum Gasteiger partial charge on any atom is -0.306 e. The van der Waals surface area contributed by atoms with Gasteiger partial charge in [0.05, 0.1) is 5.69 Å². The van der Waals surface area contributed by atoms with E-state index in [0.29, 0.717) is 0 Å². The Balaban J connectivity index is 1.96. The third kappa shape index (κ3) is 2.25. The number of likely N-dealkylation sites (tertiary alicyclic amines) is 1. The summed E-state index contributed by atoms with van der Waals surface area (Å²) in [7, 11) is 2.24. The van der Waals surface area contributed by atoms with E-state index in [0.717, 1.165) is 29.5 Å². The molecular formula is C17H22N2. The molecule has 0 radical (unpaired) electrons. The van der Waals surface area contributed by atoms with E-state index in [9.17, 15) is 0 Å². The van der Waals surface area contributed by atoms with E-state index >= 15 is 0 Å². The SMILES string of the molecule is C=Cc1cc2c(nc1C=C)CC1CCN(C)CC1C2. The Hall–Kier alpha value is -1.41. The minimum absolute atomic E-state index is 0.806. The zero-order valence-electron chi connectivity index (χ0n) is 11.7. The first kappa shape index (κ1) is 12.6. The van der Waals surface area contributed by atoms with Crippen molar-refractivity contribution in [2.45, 2.75) is 19.3 Å². The van der Waals surface area contributed by atoms with Crippen LogP contribution in [0.25, 0.3) is 12.2 Å². The van der Waals surface area contributed by atoms with Crippen LogP contribution in [0.1, 0.15) is 28.9 Å². The van der Waals surface area contributed by atoms with Crippen LogP contribution in [-0.4, -0.2) is 30.0 Å². The summed E-state index contributed by atoms with van der Waals surface area (Å²) in [5.74, 6) is 1.63. The van der Waals surface area contributed by atoms with E-state index in [1.807, 2.05) is 12.2 Å². The standard InChI is InChI=1S/C17H22N2/c1-4-12-8-14-9-15-11-19(3)7-6-13(15)10-17(14)18-16(12)5-2/h4-5,8,13,15H,1-2,6-7,9-11H2,3H3. The van der Waals surface area contributed by atoms with Crippen molar-refractivity contribution in [2.75, 3.05) is 20.1 Å². The van der Waals surface area contributed by atoms with Gasteiger partial charge in [0.15, 0.2) is 0 Å². The zero-order valence-corrected chi connectivity index (χ0v) is 11.7. The molecule has 2 atom stereocenters. The molecule has 2 aliphatic rings. The third-order valence-corrected chi connectivity index (χ3v) is 4.70. The van der Waals surface area contributed by atoms with Gasteiger partial charge in [-0.3, -0.25) is 4.98 Å². The first-order valence-electron chi connectivity index (χ1n) is 7.17. The molecule has 1 aliphatic heterocycles. The highest BCUT2D eigenvalue weighted by Gasteiger charge is 2.33. The highest BCUT2D eigenvalue weighted by molar-refractivity contribution is 5.62. The van der Waals surface area contributed by atoms with Crippen LogP contribution in [0.3, 0.4) is 0 Å². The number of pyridine rings is 1. The molecular weight excluding hydrogens is 232 g/mol. The van der Waals surface area contributed by atoms with E-state index in [2.05, 4.69) is 31.2 Å². The Morgan fingerprint density at radius 2 is 2.11 bits per heavy atom. The first-order valence-corrected chi connectivity index (χ1v) is 7.17. The van der Waals surface area contributed by atoms with Crippen molar-refractivity contribution in [3.05, 3.63) is 41.7 Å². The van der Waals surface area contributed by atoms with Gasteiger partial charge in [0.1, 0.15) is 0 Å². The molecule has 0 bridgehead atoms. The average Bonchev–Trinajstić information content (AvgIpc) is 2.43. The van der Waals surface area contributed by atoms with E-state index in [1.165, 1.54) is 37.2 Å². The summed E-state index contributed by atoms with van der Waals surface area (Å²) < 4.78 is 0. The Morgan fingerprint density at radius 3 is 2.84 bits per heavy atom. The molecule has 3 rings (SSSR count). The van der Waals surface area contributed by atoms with Crippen molar-refractivity contribution in [1.29, 1.82) is 0 Å². The number of aromatic nitrogens is 1. The average molecular weight is 254 g/mol.